The number of nitrogens with zero attached hydrogens (tertiary/aromatic N) is 3. The molecular formula is C15H24N4O2. The van der Waals surface area contributed by atoms with Crippen LogP contribution >= 0.6 is 0 Å². The van der Waals surface area contributed by atoms with Gasteiger partial charge in [0, 0.05) is 32.4 Å². The van der Waals surface area contributed by atoms with Gasteiger partial charge in [-0.05, 0) is 27.2 Å². The molecule has 1 aliphatic rings. The van der Waals surface area contributed by atoms with Gasteiger partial charge in [-0.25, -0.2) is 4.98 Å². The van der Waals surface area contributed by atoms with E-state index in [4.69, 9.17) is 0 Å². The van der Waals surface area contributed by atoms with E-state index in [2.05, 4.69) is 10.3 Å². The average Bonchev–Trinajstić information content (AvgIpc) is 2.82. The number of aryl methyl sites for hydroxylation is 1. The Balaban J connectivity index is 2.23. The second kappa shape index (κ2) is 5.16. The molecule has 0 aliphatic carbocycles. The van der Waals surface area contributed by atoms with Crippen molar-refractivity contribution in [1.29, 1.82) is 0 Å². The fourth-order valence-corrected chi connectivity index (χ4v) is 2.60. The Labute approximate surface area is 125 Å². The molecule has 116 valence electrons. The summed E-state index contributed by atoms with van der Waals surface area (Å²) in [6, 6.07) is 0. The second-order valence-electron chi connectivity index (χ2n) is 6.36. The van der Waals surface area contributed by atoms with Crippen molar-refractivity contribution in [3.8, 4) is 0 Å². The quantitative estimate of drug-likeness (QED) is 0.895. The summed E-state index contributed by atoms with van der Waals surface area (Å²) in [5, 5.41) is 2.87. The van der Waals surface area contributed by atoms with Crippen molar-refractivity contribution in [2.75, 3.05) is 6.54 Å². The van der Waals surface area contributed by atoms with E-state index in [0.29, 0.717) is 19.4 Å². The highest BCUT2D eigenvalue weighted by atomic mass is 16.2. The van der Waals surface area contributed by atoms with E-state index in [9.17, 15) is 9.59 Å². The van der Waals surface area contributed by atoms with E-state index in [1.165, 1.54) is 0 Å². The fourth-order valence-electron chi connectivity index (χ4n) is 2.60. The van der Waals surface area contributed by atoms with Gasteiger partial charge in [-0.2, -0.15) is 0 Å². The number of imidazole rings is 1. The maximum absolute atomic E-state index is 12.8. The van der Waals surface area contributed by atoms with Crippen LogP contribution < -0.4 is 5.32 Å². The van der Waals surface area contributed by atoms with Crippen molar-refractivity contribution in [2.45, 2.75) is 51.6 Å². The molecule has 1 aromatic heterocycles. The average molecular weight is 292 g/mol. The van der Waals surface area contributed by atoms with Gasteiger partial charge in [0.2, 0.25) is 11.8 Å². The zero-order valence-electron chi connectivity index (χ0n) is 13.4. The molecule has 0 bridgehead atoms. The molecule has 1 saturated heterocycles. The van der Waals surface area contributed by atoms with Crippen LogP contribution in [0.3, 0.4) is 0 Å². The predicted octanol–water partition coefficient (Wildman–Crippen LogP) is 0.868. The lowest BCUT2D eigenvalue weighted by Gasteiger charge is -2.48. The Bertz CT molecular complexity index is 564. The van der Waals surface area contributed by atoms with Crippen LogP contribution in [0.25, 0.3) is 0 Å². The number of piperazine rings is 1. The summed E-state index contributed by atoms with van der Waals surface area (Å²) < 4.78 is 1.93. The Kier molecular flexibility index (Phi) is 3.82. The van der Waals surface area contributed by atoms with Gasteiger partial charge in [-0.1, -0.05) is 6.92 Å². The van der Waals surface area contributed by atoms with Crippen molar-refractivity contribution in [2.24, 2.45) is 7.05 Å². The molecule has 1 aliphatic heterocycles. The van der Waals surface area contributed by atoms with E-state index in [1.807, 2.05) is 24.7 Å². The van der Waals surface area contributed by atoms with Gasteiger partial charge >= 0.3 is 0 Å². The monoisotopic (exact) mass is 292 g/mol. The summed E-state index contributed by atoms with van der Waals surface area (Å²) in [6.45, 7) is 7.76. The molecule has 1 aromatic rings. The lowest BCUT2D eigenvalue weighted by molar-refractivity contribution is -0.160. The van der Waals surface area contributed by atoms with Crippen molar-refractivity contribution < 1.29 is 9.59 Å². The molecule has 1 N–H and O–H groups in total. The predicted molar refractivity (Wildman–Crippen MR) is 79.5 cm³/mol. The minimum atomic E-state index is -0.836. The minimum Gasteiger partial charge on any atom is -0.340 e. The molecule has 0 aromatic carbocycles. The number of nitrogens with one attached hydrogen (secondary N) is 1. The third kappa shape index (κ3) is 2.54. The molecule has 2 heterocycles. The van der Waals surface area contributed by atoms with Gasteiger partial charge < -0.3 is 14.8 Å². The molecule has 0 radical (unpaired) electrons. The number of hydrogen-bond donors (Lipinski definition) is 1. The Morgan fingerprint density at radius 1 is 1.29 bits per heavy atom. The van der Waals surface area contributed by atoms with E-state index >= 15 is 0 Å². The number of carbonyl (C=O) groups excluding carboxylic acids is 2. The first kappa shape index (κ1) is 15.5. The topological polar surface area (TPSA) is 67.2 Å². The highest BCUT2D eigenvalue weighted by Gasteiger charge is 2.51. The smallest absolute Gasteiger partial charge is 0.248 e. The molecule has 6 heteroatoms. The molecule has 1 unspecified atom stereocenters. The molecule has 1 fully saturated rings. The highest BCUT2D eigenvalue weighted by Crippen LogP contribution is 2.28. The summed E-state index contributed by atoms with van der Waals surface area (Å²) >= 11 is 0. The van der Waals surface area contributed by atoms with Crippen molar-refractivity contribution in [1.82, 2.24) is 19.8 Å². The van der Waals surface area contributed by atoms with E-state index in [1.54, 1.807) is 31.9 Å². The Morgan fingerprint density at radius 3 is 2.48 bits per heavy atom. The van der Waals surface area contributed by atoms with Crippen LogP contribution in [0.5, 0.6) is 0 Å². The lowest BCUT2D eigenvalue weighted by atomic mass is 9.86. The van der Waals surface area contributed by atoms with Crippen LogP contribution in [0.4, 0.5) is 0 Å². The molecular weight excluding hydrogens is 268 g/mol. The van der Waals surface area contributed by atoms with Gasteiger partial charge in [0.15, 0.2) is 0 Å². The largest absolute Gasteiger partial charge is 0.340 e. The number of rotatable bonds is 4. The molecule has 0 saturated carbocycles. The van der Waals surface area contributed by atoms with Crippen molar-refractivity contribution >= 4 is 11.8 Å². The molecule has 0 spiro atoms. The van der Waals surface area contributed by atoms with E-state index in [-0.39, 0.29) is 11.8 Å². The SMILES string of the molecule is CCC1(C)NC(=O)C(C)(C)N(CCc2nccn2C)C1=O. The van der Waals surface area contributed by atoms with Crippen LogP contribution in [0.15, 0.2) is 12.4 Å². The number of carbonyl (C=O) groups is 2. The van der Waals surface area contributed by atoms with Gasteiger partial charge in [0.25, 0.3) is 0 Å². The fraction of sp³-hybridized carbons (Fsp3) is 0.667. The summed E-state index contributed by atoms with van der Waals surface area (Å²) in [5.41, 5.74) is -1.65. The van der Waals surface area contributed by atoms with Crippen LogP contribution in [0, 0.1) is 0 Å². The molecule has 1 atom stereocenters. The van der Waals surface area contributed by atoms with Crippen molar-refractivity contribution in [3.63, 3.8) is 0 Å². The number of aromatic nitrogens is 2. The zero-order chi connectivity index (χ0) is 15.8. The van der Waals surface area contributed by atoms with Crippen LogP contribution in [0.2, 0.25) is 0 Å². The van der Waals surface area contributed by atoms with Gasteiger partial charge in [0.1, 0.15) is 16.9 Å². The van der Waals surface area contributed by atoms with Crippen molar-refractivity contribution in [3.05, 3.63) is 18.2 Å². The second-order valence-corrected chi connectivity index (χ2v) is 6.36. The van der Waals surface area contributed by atoms with E-state index in [0.717, 1.165) is 5.82 Å². The Hall–Kier alpha value is -1.85. The summed E-state index contributed by atoms with van der Waals surface area (Å²) in [7, 11) is 1.92. The first-order valence-electron chi connectivity index (χ1n) is 7.33. The maximum Gasteiger partial charge on any atom is 0.248 e. The standard InChI is InChI=1S/C15H24N4O2/c1-6-15(4)13(21)19(14(2,3)12(20)17-15)9-7-11-16-8-10-18(11)5/h8,10H,6-7,9H2,1-5H3,(H,17,20). The van der Waals surface area contributed by atoms with Crippen LogP contribution in [-0.2, 0) is 23.1 Å². The van der Waals surface area contributed by atoms with Gasteiger partial charge in [-0.3, -0.25) is 9.59 Å². The summed E-state index contributed by atoms with van der Waals surface area (Å²) in [5.74, 6) is 0.776. The first-order valence-corrected chi connectivity index (χ1v) is 7.33. The summed E-state index contributed by atoms with van der Waals surface area (Å²) in [4.78, 5) is 31.1. The zero-order valence-corrected chi connectivity index (χ0v) is 13.4. The van der Waals surface area contributed by atoms with Crippen LogP contribution in [-0.4, -0.2) is 43.9 Å². The lowest BCUT2D eigenvalue weighted by Crippen LogP contribution is -2.73. The summed E-state index contributed by atoms with van der Waals surface area (Å²) in [6.07, 6.45) is 4.82. The normalized spacial score (nSPS) is 25.1. The third-order valence-corrected chi connectivity index (χ3v) is 4.52. The third-order valence-electron chi connectivity index (χ3n) is 4.52. The van der Waals surface area contributed by atoms with Crippen LogP contribution in [0.1, 0.15) is 39.9 Å². The number of amides is 2. The minimum absolute atomic E-state index is 0.0243. The molecule has 2 amide bonds. The highest BCUT2D eigenvalue weighted by molar-refractivity contribution is 6.01. The maximum atomic E-state index is 12.8. The molecule has 21 heavy (non-hydrogen) atoms. The number of hydrogen-bond acceptors (Lipinski definition) is 3. The molecule has 2 rings (SSSR count). The first-order chi connectivity index (χ1) is 9.72. The molecule has 6 nitrogen and oxygen atoms in total. The van der Waals surface area contributed by atoms with Gasteiger partial charge in [0.05, 0.1) is 0 Å². The van der Waals surface area contributed by atoms with E-state index < -0.39 is 11.1 Å². The Morgan fingerprint density at radius 2 is 1.95 bits per heavy atom. The van der Waals surface area contributed by atoms with Gasteiger partial charge in [-0.15, -0.1) is 0 Å².